The number of nitrogens with one attached hydrogen (secondary N) is 1. The van der Waals surface area contributed by atoms with E-state index >= 15 is 0 Å². The average molecular weight is 836 g/mol. The van der Waals surface area contributed by atoms with Crippen LogP contribution in [-0.4, -0.2) is 46.9 Å². The molecule has 0 aliphatic heterocycles. The second kappa shape index (κ2) is 47.1. The van der Waals surface area contributed by atoms with Gasteiger partial charge in [-0.05, 0) is 70.6 Å². The SMILES string of the molecule is CC/C=C/C=C/C=C\C=C/C=C/CCCC(CC(=O)NC(CO)C(O)CCCCCCCCCCCCC)OC(=O)CCCCCCCCC/C=C\C/C=C\CCCCC. The minimum absolute atomic E-state index is 0.0215. The lowest BCUT2D eigenvalue weighted by Crippen LogP contribution is -2.46. The number of hydrogen-bond acceptors (Lipinski definition) is 5. The van der Waals surface area contributed by atoms with Crippen LogP contribution in [0.25, 0.3) is 0 Å². The van der Waals surface area contributed by atoms with E-state index in [0.717, 1.165) is 70.6 Å². The van der Waals surface area contributed by atoms with Crippen LogP contribution in [0.1, 0.15) is 220 Å². The normalized spacial score (nSPS) is 14.0. The molecule has 0 aromatic rings. The highest BCUT2D eigenvalue weighted by atomic mass is 16.5. The third-order valence-electron chi connectivity index (χ3n) is 10.8. The first-order chi connectivity index (χ1) is 29.5. The van der Waals surface area contributed by atoms with Crippen molar-refractivity contribution in [3.05, 3.63) is 85.1 Å². The van der Waals surface area contributed by atoms with Crippen LogP contribution in [0, 0.1) is 0 Å². The maximum Gasteiger partial charge on any atom is 0.306 e. The number of hydrogen-bond donors (Lipinski definition) is 3. The van der Waals surface area contributed by atoms with E-state index in [1.54, 1.807) is 0 Å². The lowest BCUT2D eigenvalue weighted by Gasteiger charge is -2.24. The zero-order valence-electron chi connectivity index (χ0n) is 39.1. The molecule has 0 radical (unpaired) electrons. The first-order valence-corrected chi connectivity index (χ1v) is 24.9. The molecule has 6 heteroatoms. The van der Waals surface area contributed by atoms with Gasteiger partial charge in [-0.1, -0.05) is 221 Å². The summed E-state index contributed by atoms with van der Waals surface area (Å²) < 4.78 is 5.88. The van der Waals surface area contributed by atoms with Crippen LogP contribution < -0.4 is 5.32 Å². The predicted molar refractivity (Wildman–Crippen MR) is 259 cm³/mol. The Labute approximate surface area is 370 Å². The Bertz CT molecular complexity index is 1160. The van der Waals surface area contributed by atoms with Gasteiger partial charge in [0, 0.05) is 6.42 Å². The molecule has 3 atom stereocenters. The highest BCUT2D eigenvalue weighted by molar-refractivity contribution is 5.77. The number of amides is 1. The largest absolute Gasteiger partial charge is 0.462 e. The van der Waals surface area contributed by atoms with Gasteiger partial charge in [-0.15, -0.1) is 0 Å². The van der Waals surface area contributed by atoms with Crippen molar-refractivity contribution in [3.8, 4) is 0 Å². The number of ether oxygens (including phenoxy) is 1. The summed E-state index contributed by atoms with van der Waals surface area (Å²) in [6.07, 6.45) is 60.7. The van der Waals surface area contributed by atoms with Crippen LogP contribution >= 0.6 is 0 Å². The Kier molecular flexibility index (Phi) is 44.8. The number of aliphatic hydroxyl groups is 2. The van der Waals surface area contributed by atoms with Crippen molar-refractivity contribution in [1.29, 1.82) is 0 Å². The Balaban J connectivity index is 4.69. The van der Waals surface area contributed by atoms with Crippen molar-refractivity contribution in [2.24, 2.45) is 0 Å². The van der Waals surface area contributed by atoms with E-state index in [2.05, 4.69) is 62.5 Å². The molecule has 3 unspecified atom stereocenters. The molecule has 344 valence electrons. The highest BCUT2D eigenvalue weighted by Gasteiger charge is 2.24. The minimum Gasteiger partial charge on any atom is -0.462 e. The van der Waals surface area contributed by atoms with Gasteiger partial charge >= 0.3 is 5.97 Å². The smallest absolute Gasteiger partial charge is 0.306 e. The second-order valence-electron chi connectivity index (χ2n) is 16.6. The monoisotopic (exact) mass is 836 g/mol. The van der Waals surface area contributed by atoms with Crippen molar-refractivity contribution in [2.75, 3.05) is 6.61 Å². The molecule has 6 nitrogen and oxygen atoms in total. The van der Waals surface area contributed by atoms with Crippen molar-refractivity contribution in [2.45, 2.75) is 238 Å². The van der Waals surface area contributed by atoms with Gasteiger partial charge in [-0.2, -0.15) is 0 Å². The first-order valence-electron chi connectivity index (χ1n) is 24.9. The molecule has 0 saturated carbocycles. The number of esters is 1. The number of rotatable bonds is 43. The van der Waals surface area contributed by atoms with Crippen LogP contribution in [0.4, 0.5) is 0 Å². The summed E-state index contributed by atoms with van der Waals surface area (Å²) in [6.45, 7) is 6.27. The number of carbonyl (C=O) groups excluding carboxylic acids is 2. The van der Waals surface area contributed by atoms with Gasteiger partial charge < -0.3 is 20.3 Å². The van der Waals surface area contributed by atoms with Crippen LogP contribution in [0.3, 0.4) is 0 Å². The standard InChI is InChI=1S/C54H93NO5/c1-4-7-10-13-16-19-22-24-25-26-27-29-32-35-38-41-44-47-54(59)60-50(45-42-39-36-33-31-28-23-20-17-14-11-8-5-2)48-53(58)55-51(49-56)52(57)46-43-40-37-34-30-21-18-15-12-9-6-3/h8,11,14,16-17,19-20,23-25,28,31,33,36,50-52,56-57H,4-7,9-10,12-13,15,18,21-22,26-27,29-30,32,34-35,37-49H2,1-3H3,(H,55,58)/b11-8+,17-14+,19-16-,23-20-,25-24-,31-28-,36-33+. The van der Waals surface area contributed by atoms with Gasteiger partial charge in [-0.3, -0.25) is 9.59 Å². The molecule has 0 aliphatic carbocycles. The fourth-order valence-electron chi connectivity index (χ4n) is 7.07. The van der Waals surface area contributed by atoms with Gasteiger partial charge in [0.25, 0.3) is 0 Å². The zero-order valence-corrected chi connectivity index (χ0v) is 39.1. The lowest BCUT2D eigenvalue weighted by molar-refractivity contribution is -0.151. The average Bonchev–Trinajstić information content (AvgIpc) is 3.24. The lowest BCUT2D eigenvalue weighted by atomic mass is 10.0. The van der Waals surface area contributed by atoms with E-state index in [-0.39, 0.29) is 24.9 Å². The molecule has 0 aliphatic rings. The third-order valence-corrected chi connectivity index (χ3v) is 10.8. The molecule has 3 N–H and O–H groups in total. The van der Waals surface area contributed by atoms with E-state index < -0.39 is 18.2 Å². The maximum absolute atomic E-state index is 13.2. The highest BCUT2D eigenvalue weighted by Crippen LogP contribution is 2.16. The number of allylic oxidation sites excluding steroid dienone is 14. The maximum atomic E-state index is 13.2. The van der Waals surface area contributed by atoms with Crippen molar-refractivity contribution in [1.82, 2.24) is 5.32 Å². The molecule has 0 aromatic heterocycles. The molecule has 1 amide bonds. The first kappa shape index (κ1) is 57.0. The topological polar surface area (TPSA) is 95.9 Å². The van der Waals surface area contributed by atoms with Crippen LogP contribution in [0.15, 0.2) is 85.1 Å². The van der Waals surface area contributed by atoms with Crippen LogP contribution in [0.2, 0.25) is 0 Å². The summed E-state index contributed by atoms with van der Waals surface area (Å²) in [4.78, 5) is 26.1. The van der Waals surface area contributed by atoms with E-state index in [9.17, 15) is 19.8 Å². The summed E-state index contributed by atoms with van der Waals surface area (Å²) in [7, 11) is 0. The Morgan fingerprint density at radius 3 is 1.55 bits per heavy atom. The third kappa shape index (κ3) is 41.8. The van der Waals surface area contributed by atoms with Crippen molar-refractivity contribution >= 4 is 11.9 Å². The summed E-state index contributed by atoms with van der Waals surface area (Å²) in [5.41, 5.74) is 0. The molecule has 0 spiro atoms. The van der Waals surface area contributed by atoms with Gasteiger partial charge in [0.15, 0.2) is 0 Å². The van der Waals surface area contributed by atoms with Crippen molar-refractivity contribution in [3.63, 3.8) is 0 Å². The van der Waals surface area contributed by atoms with Gasteiger partial charge in [-0.25, -0.2) is 0 Å². The molecule has 0 fully saturated rings. The molecule has 0 aromatic carbocycles. The summed E-state index contributed by atoms with van der Waals surface area (Å²) in [5, 5.41) is 23.7. The van der Waals surface area contributed by atoms with E-state index in [4.69, 9.17) is 4.74 Å². The number of unbranched alkanes of at least 4 members (excludes halogenated alkanes) is 21. The Hall–Kier alpha value is -2.96. The van der Waals surface area contributed by atoms with E-state index in [1.165, 1.54) is 103 Å². The summed E-state index contributed by atoms with van der Waals surface area (Å²) in [6, 6.07) is -0.729. The second-order valence-corrected chi connectivity index (χ2v) is 16.6. The summed E-state index contributed by atoms with van der Waals surface area (Å²) >= 11 is 0. The molecule has 0 bridgehead atoms. The predicted octanol–water partition coefficient (Wildman–Crippen LogP) is 14.8. The van der Waals surface area contributed by atoms with Gasteiger partial charge in [0.1, 0.15) is 6.10 Å². The van der Waals surface area contributed by atoms with Crippen LogP contribution in [-0.2, 0) is 14.3 Å². The van der Waals surface area contributed by atoms with Crippen molar-refractivity contribution < 1.29 is 24.5 Å². The number of aliphatic hydroxyl groups excluding tert-OH is 2. The Morgan fingerprint density at radius 1 is 0.517 bits per heavy atom. The molecular weight excluding hydrogens is 743 g/mol. The number of carbonyl (C=O) groups is 2. The van der Waals surface area contributed by atoms with Gasteiger partial charge in [0.05, 0.1) is 25.2 Å². The van der Waals surface area contributed by atoms with E-state index in [0.29, 0.717) is 19.3 Å². The Morgan fingerprint density at radius 2 is 0.983 bits per heavy atom. The quantitative estimate of drug-likeness (QED) is 0.0246. The molecule has 0 heterocycles. The molecule has 60 heavy (non-hydrogen) atoms. The summed E-state index contributed by atoms with van der Waals surface area (Å²) in [5.74, 6) is -0.561. The molecular formula is C54H93NO5. The zero-order chi connectivity index (χ0) is 43.8. The minimum atomic E-state index is -0.810. The fourth-order valence-corrected chi connectivity index (χ4v) is 7.07. The van der Waals surface area contributed by atoms with Gasteiger partial charge in [0.2, 0.25) is 5.91 Å². The molecule has 0 rings (SSSR count). The van der Waals surface area contributed by atoms with E-state index in [1.807, 2.05) is 48.6 Å². The fraction of sp³-hybridized carbons (Fsp3) is 0.704. The molecule has 0 saturated heterocycles. The van der Waals surface area contributed by atoms with Crippen LogP contribution in [0.5, 0.6) is 0 Å².